The van der Waals surface area contributed by atoms with Gasteiger partial charge in [-0.25, -0.2) is 4.79 Å². The summed E-state index contributed by atoms with van der Waals surface area (Å²) in [5.41, 5.74) is 1.29. The van der Waals surface area contributed by atoms with Gasteiger partial charge in [0.25, 0.3) is 0 Å². The maximum atomic E-state index is 11.1. The van der Waals surface area contributed by atoms with Crippen molar-refractivity contribution in [1.29, 1.82) is 0 Å². The number of aliphatic carboxylic acids is 1. The fourth-order valence-electron chi connectivity index (χ4n) is 1.37. The van der Waals surface area contributed by atoms with E-state index in [-0.39, 0.29) is 5.41 Å². The number of hydrogen-bond acceptors (Lipinski definition) is 3. The number of carbonyl (C=O) groups is 1. The molecule has 16 heavy (non-hydrogen) atoms. The van der Waals surface area contributed by atoms with E-state index in [2.05, 4.69) is 10.3 Å². The molecule has 0 bridgehead atoms. The highest BCUT2D eigenvalue weighted by Gasteiger charge is 2.30. The monoisotopic (exact) mass is 222 g/mol. The summed E-state index contributed by atoms with van der Waals surface area (Å²) in [7, 11) is 0. The van der Waals surface area contributed by atoms with Crippen LogP contribution >= 0.6 is 0 Å². The summed E-state index contributed by atoms with van der Waals surface area (Å²) in [6.45, 7) is 7.56. The first-order valence-electron chi connectivity index (χ1n) is 5.22. The molecular formula is C12H18N2O2. The summed E-state index contributed by atoms with van der Waals surface area (Å²) in [6.07, 6.45) is 1.65. The van der Waals surface area contributed by atoms with Gasteiger partial charge in [0, 0.05) is 5.69 Å². The minimum absolute atomic E-state index is 0.350. The van der Waals surface area contributed by atoms with Crippen LogP contribution in [-0.2, 0) is 4.79 Å². The topological polar surface area (TPSA) is 62.2 Å². The quantitative estimate of drug-likeness (QED) is 0.823. The molecule has 88 valence electrons. The molecule has 0 amide bonds. The zero-order chi connectivity index (χ0) is 12.3. The van der Waals surface area contributed by atoms with Crippen LogP contribution in [0.5, 0.6) is 0 Å². The Hall–Kier alpha value is -1.58. The van der Waals surface area contributed by atoms with Crippen molar-refractivity contribution in [3.8, 4) is 0 Å². The van der Waals surface area contributed by atoms with Gasteiger partial charge >= 0.3 is 5.97 Å². The summed E-state index contributed by atoms with van der Waals surface area (Å²) in [4.78, 5) is 15.3. The molecule has 1 heterocycles. The van der Waals surface area contributed by atoms with Crippen molar-refractivity contribution in [3.63, 3.8) is 0 Å². The van der Waals surface area contributed by atoms with E-state index in [1.54, 1.807) is 6.20 Å². The number of rotatable bonds is 3. The Morgan fingerprint density at radius 3 is 2.44 bits per heavy atom. The number of hydrogen-bond donors (Lipinski definition) is 2. The lowest BCUT2D eigenvalue weighted by atomic mass is 9.86. The zero-order valence-corrected chi connectivity index (χ0v) is 10.1. The number of pyridine rings is 1. The average Bonchev–Trinajstić information content (AvgIpc) is 2.14. The lowest BCUT2D eigenvalue weighted by molar-refractivity contribution is -0.140. The SMILES string of the molecule is Cc1ccc(N[C@H](C(=O)O)C(C)(C)C)cn1. The van der Waals surface area contributed by atoms with Crippen molar-refractivity contribution in [2.45, 2.75) is 33.7 Å². The third kappa shape index (κ3) is 3.22. The number of nitrogens with one attached hydrogen (secondary N) is 1. The molecule has 0 aliphatic carbocycles. The Labute approximate surface area is 95.7 Å². The first kappa shape index (κ1) is 12.5. The van der Waals surface area contributed by atoms with Crippen LogP contribution in [-0.4, -0.2) is 22.1 Å². The van der Waals surface area contributed by atoms with Gasteiger partial charge in [-0.3, -0.25) is 4.98 Å². The zero-order valence-electron chi connectivity index (χ0n) is 10.1. The molecule has 0 aliphatic rings. The van der Waals surface area contributed by atoms with Crippen molar-refractivity contribution in [3.05, 3.63) is 24.0 Å². The minimum Gasteiger partial charge on any atom is -0.480 e. The predicted octanol–water partition coefficient (Wildman–Crippen LogP) is 2.30. The molecule has 0 fully saturated rings. The van der Waals surface area contributed by atoms with E-state index in [0.29, 0.717) is 0 Å². The molecule has 0 unspecified atom stereocenters. The second-order valence-corrected chi connectivity index (χ2v) is 4.97. The summed E-state index contributed by atoms with van der Waals surface area (Å²) in [6, 6.07) is 3.06. The molecule has 1 rings (SSSR count). The molecule has 4 nitrogen and oxygen atoms in total. The summed E-state index contributed by atoms with van der Waals surface area (Å²) < 4.78 is 0. The number of nitrogens with zero attached hydrogens (tertiary/aromatic N) is 1. The molecule has 0 aromatic carbocycles. The summed E-state index contributed by atoms with van der Waals surface area (Å²) >= 11 is 0. The molecule has 0 saturated heterocycles. The molecule has 0 radical (unpaired) electrons. The number of aromatic nitrogens is 1. The predicted molar refractivity (Wildman–Crippen MR) is 63.5 cm³/mol. The Balaban J connectivity index is 2.84. The molecular weight excluding hydrogens is 204 g/mol. The van der Waals surface area contributed by atoms with Crippen LogP contribution < -0.4 is 5.32 Å². The van der Waals surface area contributed by atoms with Crippen LogP contribution in [0.3, 0.4) is 0 Å². The van der Waals surface area contributed by atoms with E-state index in [1.807, 2.05) is 39.8 Å². The lowest BCUT2D eigenvalue weighted by Gasteiger charge is -2.28. The van der Waals surface area contributed by atoms with Crippen molar-refractivity contribution < 1.29 is 9.90 Å². The van der Waals surface area contributed by atoms with Crippen LogP contribution in [0, 0.1) is 12.3 Å². The third-order valence-corrected chi connectivity index (χ3v) is 2.34. The largest absolute Gasteiger partial charge is 0.480 e. The third-order valence-electron chi connectivity index (χ3n) is 2.34. The first-order valence-corrected chi connectivity index (χ1v) is 5.22. The highest BCUT2D eigenvalue weighted by atomic mass is 16.4. The molecule has 4 heteroatoms. The minimum atomic E-state index is -0.854. The van der Waals surface area contributed by atoms with Crippen molar-refractivity contribution >= 4 is 11.7 Å². The standard InChI is InChI=1S/C12H18N2O2/c1-8-5-6-9(7-13-8)14-10(11(15)16)12(2,3)4/h5-7,10,14H,1-4H3,(H,15,16)/t10-/m1/s1. The second-order valence-electron chi connectivity index (χ2n) is 4.97. The number of anilines is 1. The van der Waals surface area contributed by atoms with Crippen LogP contribution in [0.1, 0.15) is 26.5 Å². The molecule has 0 saturated carbocycles. The van der Waals surface area contributed by atoms with Crippen molar-refractivity contribution in [2.24, 2.45) is 5.41 Å². The fourth-order valence-corrected chi connectivity index (χ4v) is 1.37. The van der Waals surface area contributed by atoms with E-state index in [1.165, 1.54) is 0 Å². The van der Waals surface area contributed by atoms with Gasteiger partial charge in [0.05, 0.1) is 11.9 Å². The Morgan fingerprint density at radius 1 is 1.44 bits per heavy atom. The van der Waals surface area contributed by atoms with Crippen LogP contribution in [0.25, 0.3) is 0 Å². The summed E-state index contributed by atoms with van der Waals surface area (Å²) in [5.74, 6) is -0.854. The van der Waals surface area contributed by atoms with Crippen molar-refractivity contribution in [1.82, 2.24) is 4.98 Å². The van der Waals surface area contributed by atoms with Crippen molar-refractivity contribution in [2.75, 3.05) is 5.32 Å². The van der Waals surface area contributed by atoms with Gasteiger partial charge in [-0.05, 0) is 24.5 Å². The van der Waals surface area contributed by atoms with Gasteiger partial charge in [-0.1, -0.05) is 20.8 Å². The lowest BCUT2D eigenvalue weighted by Crippen LogP contribution is -2.41. The maximum absolute atomic E-state index is 11.1. The van der Waals surface area contributed by atoms with Crippen LogP contribution in [0.4, 0.5) is 5.69 Å². The van der Waals surface area contributed by atoms with E-state index in [9.17, 15) is 4.79 Å². The second kappa shape index (κ2) is 4.51. The first-order chi connectivity index (χ1) is 7.30. The normalized spacial score (nSPS) is 13.2. The number of carboxylic acid groups (broad SMARTS) is 1. The molecule has 0 aliphatic heterocycles. The molecule has 1 aromatic heterocycles. The Morgan fingerprint density at radius 2 is 2.06 bits per heavy atom. The Kier molecular flexibility index (Phi) is 3.52. The Bertz CT molecular complexity index is 366. The molecule has 0 spiro atoms. The summed E-state index contributed by atoms with van der Waals surface area (Å²) in [5, 5.41) is 12.1. The fraction of sp³-hybridized carbons (Fsp3) is 0.500. The smallest absolute Gasteiger partial charge is 0.326 e. The molecule has 1 aromatic rings. The average molecular weight is 222 g/mol. The van der Waals surface area contributed by atoms with Crippen LogP contribution in [0.2, 0.25) is 0 Å². The van der Waals surface area contributed by atoms with E-state index in [4.69, 9.17) is 5.11 Å². The highest BCUT2D eigenvalue weighted by Crippen LogP contribution is 2.23. The van der Waals surface area contributed by atoms with Crippen LogP contribution in [0.15, 0.2) is 18.3 Å². The van der Waals surface area contributed by atoms with E-state index >= 15 is 0 Å². The van der Waals surface area contributed by atoms with Gasteiger partial charge in [0.15, 0.2) is 0 Å². The molecule has 2 N–H and O–H groups in total. The number of carboxylic acids is 1. The van der Waals surface area contributed by atoms with E-state index in [0.717, 1.165) is 11.4 Å². The van der Waals surface area contributed by atoms with E-state index < -0.39 is 12.0 Å². The maximum Gasteiger partial charge on any atom is 0.326 e. The van der Waals surface area contributed by atoms with Gasteiger partial charge in [-0.15, -0.1) is 0 Å². The van der Waals surface area contributed by atoms with Gasteiger partial charge in [-0.2, -0.15) is 0 Å². The van der Waals surface area contributed by atoms with Gasteiger partial charge < -0.3 is 10.4 Å². The molecule has 1 atom stereocenters. The number of aryl methyl sites for hydroxylation is 1. The van der Waals surface area contributed by atoms with Gasteiger partial charge in [0.1, 0.15) is 6.04 Å². The highest BCUT2D eigenvalue weighted by molar-refractivity contribution is 5.78. The van der Waals surface area contributed by atoms with Gasteiger partial charge in [0.2, 0.25) is 0 Å².